The van der Waals surface area contributed by atoms with Crippen LogP contribution < -0.4 is 5.56 Å². The van der Waals surface area contributed by atoms with Gasteiger partial charge in [0.15, 0.2) is 0 Å². The van der Waals surface area contributed by atoms with Crippen molar-refractivity contribution >= 4 is 11.0 Å². The monoisotopic (exact) mass is 216 g/mol. The van der Waals surface area contributed by atoms with E-state index in [4.69, 9.17) is 0 Å². The zero-order valence-corrected chi connectivity index (χ0v) is 8.97. The quantitative estimate of drug-likeness (QED) is 0.776. The lowest BCUT2D eigenvalue weighted by Gasteiger charge is -2.08. The number of aryl methyl sites for hydroxylation is 1. The molecule has 0 saturated heterocycles. The fourth-order valence-corrected chi connectivity index (χ4v) is 1.63. The Morgan fingerprint density at radius 3 is 3.00 bits per heavy atom. The van der Waals surface area contributed by atoms with Crippen molar-refractivity contribution in [2.24, 2.45) is 0 Å². The van der Waals surface area contributed by atoms with E-state index in [0.717, 1.165) is 5.69 Å². The van der Waals surface area contributed by atoms with Crippen molar-refractivity contribution in [1.82, 2.24) is 9.55 Å². The summed E-state index contributed by atoms with van der Waals surface area (Å²) in [7, 11) is 0. The Balaban J connectivity index is 2.91. The topological polar surface area (TPSA) is 55.1 Å². The van der Waals surface area contributed by atoms with Gasteiger partial charge in [-0.1, -0.05) is 6.08 Å². The highest BCUT2D eigenvalue weighted by molar-refractivity contribution is 5.81. The molecule has 2 rings (SSSR count). The molecular weight excluding hydrogens is 204 g/mol. The smallest absolute Gasteiger partial charge is 0.256 e. The van der Waals surface area contributed by atoms with Crippen LogP contribution in [0.3, 0.4) is 0 Å². The zero-order chi connectivity index (χ0) is 11.7. The average Bonchev–Trinajstić information content (AvgIpc) is 2.23. The number of aromatic hydroxyl groups is 1. The molecule has 4 nitrogen and oxygen atoms in total. The predicted molar refractivity (Wildman–Crippen MR) is 62.6 cm³/mol. The Morgan fingerprint density at radius 1 is 1.56 bits per heavy atom. The highest BCUT2D eigenvalue weighted by atomic mass is 16.3. The van der Waals surface area contributed by atoms with E-state index in [9.17, 15) is 9.90 Å². The molecule has 0 unspecified atom stereocenters. The van der Waals surface area contributed by atoms with E-state index in [1.54, 1.807) is 18.2 Å². The second-order valence-corrected chi connectivity index (χ2v) is 3.59. The molecule has 16 heavy (non-hydrogen) atoms. The fourth-order valence-electron chi connectivity index (χ4n) is 1.63. The minimum atomic E-state index is -0.275. The molecular formula is C12H12N2O2. The van der Waals surface area contributed by atoms with Gasteiger partial charge in [0.25, 0.3) is 5.56 Å². The Kier molecular flexibility index (Phi) is 2.48. The highest BCUT2D eigenvalue weighted by Gasteiger charge is 2.08. The molecule has 0 saturated carbocycles. The lowest BCUT2D eigenvalue weighted by atomic mass is 10.2. The van der Waals surface area contributed by atoms with Crippen molar-refractivity contribution in [3.05, 3.63) is 46.9 Å². The molecule has 0 atom stereocenters. The van der Waals surface area contributed by atoms with Crippen molar-refractivity contribution in [3.8, 4) is 5.75 Å². The third kappa shape index (κ3) is 1.58. The first-order valence-corrected chi connectivity index (χ1v) is 4.94. The standard InChI is InChI=1S/C12H12N2O2/c1-3-6-14-11(16)7-10(15)9-5-4-8(2)13-12(9)14/h3-5,7,15H,1,6H2,2H3. The van der Waals surface area contributed by atoms with E-state index in [1.807, 2.05) is 6.92 Å². The van der Waals surface area contributed by atoms with Crippen LogP contribution in [-0.4, -0.2) is 14.7 Å². The summed E-state index contributed by atoms with van der Waals surface area (Å²) in [5.41, 5.74) is 1.02. The Hall–Kier alpha value is -2.10. The number of hydrogen-bond acceptors (Lipinski definition) is 3. The fraction of sp³-hybridized carbons (Fsp3) is 0.167. The second-order valence-electron chi connectivity index (χ2n) is 3.59. The van der Waals surface area contributed by atoms with Crippen LogP contribution in [0.5, 0.6) is 5.75 Å². The highest BCUT2D eigenvalue weighted by Crippen LogP contribution is 2.20. The molecule has 4 heteroatoms. The number of aromatic nitrogens is 2. The van der Waals surface area contributed by atoms with Crippen LogP contribution in [0.4, 0.5) is 0 Å². The van der Waals surface area contributed by atoms with Gasteiger partial charge < -0.3 is 5.11 Å². The van der Waals surface area contributed by atoms with Gasteiger partial charge in [0.1, 0.15) is 11.4 Å². The molecule has 2 aromatic rings. The summed E-state index contributed by atoms with van der Waals surface area (Å²) in [5.74, 6) is -0.0344. The van der Waals surface area contributed by atoms with Crippen molar-refractivity contribution in [2.75, 3.05) is 0 Å². The number of hydrogen-bond donors (Lipinski definition) is 1. The van der Waals surface area contributed by atoms with Crippen LogP contribution in [0.15, 0.2) is 35.6 Å². The molecule has 0 bridgehead atoms. The molecule has 0 amide bonds. The molecule has 0 aliphatic carbocycles. The maximum atomic E-state index is 11.7. The van der Waals surface area contributed by atoms with Gasteiger partial charge in [-0.3, -0.25) is 9.36 Å². The summed E-state index contributed by atoms with van der Waals surface area (Å²) in [6.45, 7) is 5.82. The lowest BCUT2D eigenvalue weighted by Crippen LogP contribution is -2.19. The minimum Gasteiger partial charge on any atom is -0.507 e. The summed E-state index contributed by atoms with van der Waals surface area (Å²) < 4.78 is 1.48. The van der Waals surface area contributed by atoms with Gasteiger partial charge in [-0.15, -0.1) is 6.58 Å². The third-order valence-electron chi connectivity index (χ3n) is 2.38. The molecule has 0 aliphatic rings. The van der Waals surface area contributed by atoms with Gasteiger partial charge in [-0.2, -0.15) is 0 Å². The molecule has 1 N–H and O–H groups in total. The van der Waals surface area contributed by atoms with Crippen LogP contribution in [0.1, 0.15) is 5.69 Å². The van der Waals surface area contributed by atoms with Gasteiger partial charge in [0.05, 0.1) is 5.39 Å². The van der Waals surface area contributed by atoms with Gasteiger partial charge >= 0.3 is 0 Å². The summed E-state index contributed by atoms with van der Waals surface area (Å²) in [4.78, 5) is 15.9. The molecule has 2 aromatic heterocycles. The predicted octanol–water partition coefficient (Wildman–Crippen LogP) is 1.60. The molecule has 82 valence electrons. The number of fused-ring (bicyclic) bond motifs is 1. The SMILES string of the molecule is C=CCn1c(=O)cc(O)c2ccc(C)nc21. The third-order valence-corrected chi connectivity index (χ3v) is 2.38. The zero-order valence-electron chi connectivity index (χ0n) is 8.97. The number of rotatable bonds is 2. The van der Waals surface area contributed by atoms with E-state index < -0.39 is 0 Å². The van der Waals surface area contributed by atoms with Gasteiger partial charge in [-0.25, -0.2) is 4.98 Å². The van der Waals surface area contributed by atoms with Crippen molar-refractivity contribution in [3.63, 3.8) is 0 Å². The molecule has 0 radical (unpaired) electrons. The Bertz CT molecular complexity index is 614. The van der Waals surface area contributed by atoms with E-state index in [2.05, 4.69) is 11.6 Å². The van der Waals surface area contributed by atoms with Crippen LogP contribution in [0, 0.1) is 6.92 Å². The first-order chi connectivity index (χ1) is 7.63. The molecule has 0 aromatic carbocycles. The number of nitrogens with zero attached hydrogens (tertiary/aromatic N) is 2. The summed E-state index contributed by atoms with van der Waals surface area (Å²) in [6, 6.07) is 4.75. The maximum Gasteiger partial charge on any atom is 0.256 e. The molecule has 0 spiro atoms. The largest absolute Gasteiger partial charge is 0.507 e. The molecule has 2 heterocycles. The van der Waals surface area contributed by atoms with Crippen LogP contribution in [-0.2, 0) is 6.54 Å². The maximum absolute atomic E-state index is 11.7. The second kappa shape index (κ2) is 3.81. The Labute approximate surface area is 92.5 Å². The summed E-state index contributed by atoms with van der Waals surface area (Å²) in [5, 5.41) is 10.2. The first kappa shape index (κ1) is 10.4. The van der Waals surface area contributed by atoms with Crippen LogP contribution >= 0.6 is 0 Å². The Morgan fingerprint density at radius 2 is 2.31 bits per heavy atom. The summed E-state index contributed by atoms with van der Waals surface area (Å²) in [6.07, 6.45) is 1.63. The van der Waals surface area contributed by atoms with E-state index in [-0.39, 0.29) is 11.3 Å². The summed E-state index contributed by atoms with van der Waals surface area (Å²) >= 11 is 0. The van der Waals surface area contributed by atoms with Crippen LogP contribution in [0.25, 0.3) is 11.0 Å². The van der Waals surface area contributed by atoms with Crippen molar-refractivity contribution < 1.29 is 5.11 Å². The first-order valence-electron chi connectivity index (χ1n) is 4.94. The van der Waals surface area contributed by atoms with Gasteiger partial charge in [0.2, 0.25) is 0 Å². The van der Waals surface area contributed by atoms with Crippen molar-refractivity contribution in [2.45, 2.75) is 13.5 Å². The number of allylic oxidation sites excluding steroid dienone is 1. The molecule has 0 fully saturated rings. The average molecular weight is 216 g/mol. The van der Waals surface area contributed by atoms with Gasteiger partial charge in [-0.05, 0) is 19.1 Å². The van der Waals surface area contributed by atoms with E-state index in [0.29, 0.717) is 17.6 Å². The normalized spacial score (nSPS) is 10.6. The lowest BCUT2D eigenvalue weighted by molar-refractivity contribution is 0.479. The van der Waals surface area contributed by atoms with Gasteiger partial charge in [0, 0.05) is 18.3 Å². The van der Waals surface area contributed by atoms with Crippen molar-refractivity contribution in [1.29, 1.82) is 0 Å². The van der Waals surface area contributed by atoms with Crippen LogP contribution in [0.2, 0.25) is 0 Å². The van der Waals surface area contributed by atoms with E-state index >= 15 is 0 Å². The minimum absolute atomic E-state index is 0.0344. The molecule has 0 aliphatic heterocycles. The van der Waals surface area contributed by atoms with E-state index in [1.165, 1.54) is 10.6 Å². The number of pyridine rings is 2.